The van der Waals surface area contributed by atoms with Gasteiger partial charge in [0.2, 0.25) is 0 Å². The summed E-state index contributed by atoms with van der Waals surface area (Å²) in [7, 11) is 0. The minimum Gasteiger partial charge on any atom is -0.507 e. The minimum absolute atomic E-state index is 0.307. The summed E-state index contributed by atoms with van der Waals surface area (Å²) in [6, 6.07) is 9.94. The first kappa shape index (κ1) is 10.7. The topological polar surface area (TPSA) is 46.2 Å². The van der Waals surface area contributed by atoms with E-state index >= 15 is 0 Å². The van der Waals surface area contributed by atoms with Gasteiger partial charge in [-0.1, -0.05) is 30.3 Å². The Labute approximate surface area is 95.0 Å². The van der Waals surface area contributed by atoms with Crippen molar-refractivity contribution in [2.24, 2.45) is 5.73 Å². The van der Waals surface area contributed by atoms with Gasteiger partial charge in [0.15, 0.2) is 0 Å². The van der Waals surface area contributed by atoms with Crippen molar-refractivity contribution in [2.45, 2.75) is 13.0 Å². The Balaban J connectivity index is 2.76. The molecule has 0 aliphatic heterocycles. The van der Waals surface area contributed by atoms with E-state index in [1.54, 1.807) is 6.08 Å². The number of hydrogen-bond donors (Lipinski definition) is 2. The Kier molecular flexibility index (Phi) is 2.93. The molecule has 2 nitrogen and oxygen atoms in total. The van der Waals surface area contributed by atoms with Crippen molar-refractivity contribution in [2.75, 3.05) is 0 Å². The van der Waals surface area contributed by atoms with Crippen LogP contribution in [0.15, 0.2) is 43.0 Å². The third kappa shape index (κ3) is 1.68. The molecular formula is C14H15NO. The fourth-order valence-electron chi connectivity index (χ4n) is 1.99. The lowest BCUT2D eigenvalue weighted by Gasteiger charge is -2.11. The zero-order chi connectivity index (χ0) is 11.5. The van der Waals surface area contributed by atoms with Gasteiger partial charge in [0.1, 0.15) is 5.75 Å². The fourth-order valence-corrected chi connectivity index (χ4v) is 1.99. The molecule has 0 unspecified atom stereocenters. The quantitative estimate of drug-likeness (QED) is 0.770. The zero-order valence-electron chi connectivity index (χ0n) is 9.11. The van der Waals surface area contributed by atoms with Gasteiger partial charge in [0.05, 0.1) is 0 Å². The van der Waals surface area contributed by atoms with Crippen LogP contribution in [0.5, 0.6) is 5.75 Å². The summed E-state index contributed by atoms with van der Waals surface area (Å²) in [5.41, 5.74) is 7.39. The molecule has 0 saturated carbocycles. The maximum Gasteiger partial charge on any atom is 0.124 e. The summed E-state index contributed by atoms with van der Waals surface area (Å²) in [4.78, 5) is 0. The molecule has 0 bridgehead atoms. The molecule has 82 valence electrons. The summed E-state index contributed by atoms with van der Waals surface area (Å²) >= 11 is 0. The highest BCUT2D eigenvalue weighted by atomic mass is 16.3. The molecule has 3 N–H and O–H groups in total. The van der Waals surface area contributed by atoms with Crippen molar-refractivity contribution in [3.8, 4) is 5.75 Å². The van der Waals surface area contributed by atoms with E-state index in [-0.39, 0.29) is 0 Å². The van der Waals surface area contributed by atoms with Crippen LogP contribution in [-0.2, 0) is 13.0 Å². The van der Waals surface area contributed by atoms with Gasteiger partial charge in [-0.25, -0.2) is 0 Å². The first-order valence-electron chi connectivity index (χ1n) is 5.31. The average Bonchev–Trinajstić information content (AvgIpc) is 2.31. The van der Waals surface area contributed by atoms with Crippen molar-refractivity contribution in [1.29, 1.82) is 0 Å². The minimum atomic E-state index is 0.307. The van der Waals surface area contributed by atoms with Gasteiger partial charge in [0, 0.05) is 12.1 Å². The van der Waals surface area contributed by atoms with Crippen molar-refractivity contribution in [3.05, 3.63) is 54.1 Å². The van der Waals surface area contributed by atoms with Crippen LogP contribution in [0.4, 0.5) is 0 Å². The third-order valence-electron chi connectivity index (χ3n) is 2.77. The van der Waals surface area contributed by atoms with Crippen LogP contribution in [0, 0.1) is 0 Å². The van der Waals surface area contributed by atoms with E-state index in [9.17, 15) is 5.11 Å². The largest absolute Gasteiger partial charge is 0.507 e. The van der Waals surface area contributed by atoms with Crippen molar-refractivity contribution >= 4 is 10.8 Å². The molecule has 0 saturated heterocycles. The molecule has 0 aromatic heterocycles. The Morgan fingerprint density at radius 3 is 2.75 bits per heavy atom. The van der Waals surface area contributed by atoms with Crippen LogP contribution in [0.3, 0.4) is 0 Å². The van der Waals surface area contributed by atoms with Crippen molar-refractivity contribution < 1.29 is 5.11 Å². The van der Waals surface area contributed by atoms with Gasteiger partial charge in [-0.15, -0.1) is 6.58 Å². The summed E-state index contributed by atoms with van der Waals surface area (Å²) in [6.07, 6.45) is 2.44. The number of hydrogen-bond acceptors (Lipinski definition) is 2. The van der Waals surface area contributed by atoms with E-state index in [4.69, 9.17) is 5.73 Å². The predicted molar refractivity (Wildman–Crippen MR) is 67.4 cm³/mol. The lowest BCUT2D eigenvalue weighted by Crippen LogP contribution is -2.00. The van der Waals surface area contributed by atoms with Gasteiger partial charge in [0.25, 0.3) is 0 Å². The van der Waals surface area contributed by atoms with Crippen LogP contribution >= 0.6 is 0 Å². The molecule has 0 aliphatic carbocycles. The molecule has 0 fully saturated rings. The highest BCUT2D eigenvalue weighted by Crippen LogP contribution is 2.31. The van der Waals surface area contributed by atoms with Crippen LogP contribution < -0.4 is 5.73 Å². The Morgan fingerprint density at radius 2 is 2.06 bits per heavy atom. The molecule has 2 heteroatoms. The Hall–Kier alpha value is -1.80. The molecule has 2 aromatic rings. The smallest absolute Gasteiger partial charge is 0.124 e. The van der Waals surface area contributed by atoms with E-state index in [0.29, 0.717) is 18.7 Å². The fraction of sp³-hybridized carbons (Fsp3) is 0.143. The normalized spacial score (nSPS) is 10.6. The second-order valence-electron chi connectivity index (χ2n) is 3.78. The van der Waals surface area contributed by atoms with Gasteiger partial charge in [-0.3, -0.25) is 0 Å². The zero-order valence-corrected chi connectivity index (χ0v) is 9.11. The number of rotatable bonds is 3. The lowest BCUT2D eigenvalue weighted by atomic mass is 9.98. The predicted octanol–water partition coefficient (Wildman–Crippen LogP) is 2.73. The first-order chi connectivity index (χ1) is 7.77. The lowest BCUT2D eigenvalue weighted by molar-refractivity contribution is 0.464. The number of phenolic OH excluding ortho intramolecular Hbond substituents is 1. The van der Waals surface area contributed by atoms with E-state index in [0.717, 1.165) is 21.9 Å². The number of aromatic hydroxyl groups is 1. The average molecular weight is 213 g/mol. The molecule has 16 heavy (non-hydrogen) atoms. The molecule has 0 radical (unpaired) electrons. The van der Waals surface area contributed by atoms with Gasteiger partial charge in [-0.05, 0) is 28.8 Å². The number of benzene rings is 2. The number of nitrogens with two attached hydrogens (primary N) is 1. The molecule has 0 atom stereocenters. The van der Waals surface area contributed by atoms with Crippen LogP contribution in [0.25, 0.3) is 10.8 Å². The summed E-state index contributed by atoms with van der Waals surface area (Å²) in [5.74, 6) is 0.307. The summed E-state index contributed by atoms with van der Waals surface area (Å²) < 4.78 is 0. The number of allylic oxidation sites excluding steroid dienone is 1. The molecule has 2 aromatic carbocycles. The van der Waals surface area contributed by atoms with Crippen LogP contribution in [0.1, 0.15) is 11.1 Å². The Morgan fingerprint density at radius 1 is 1.31 bits per heavy atom. The van der Waals surface area contributed by atoms with Gasteiger partial charge >= 0.3 is 0 Å². The van der Waals surface area contributed by atoms with Crippen molar-refractivity contribution in [1.82, 2.24) is 0 Å². The molecular weight excluding hydrogens is 198 g/mol. The van der Waals surface area contributed by atoms with E-state index in [1.165, 1.54) is 0 Å². The Bertz CT molecular complexity index is 531. The van der Waals surface area contributed by atoms with Crippen molar-refractivity contribution in [3.63, 3.8) is 0 Å². The molecule has 2 rings (SSSR count). The second-order valence-corrected chi connectivity index (χ2v) is 3.78. The monoisotopic (exact) mass is 213 g/mol. The van der Waals surface area contributed by atoms with E-state index in [1.807, 2.05) is 30.3 Å². The second kappa shape index (κ2) is 4.37. The first-order valence-corrected chi connectivity index (χ1v) is 5.31. The molecule has 0 spiro atoms. The maximum atomic E-state index is 10.1. The number of fused-ring (bicyclic) bond motifs is 1. The highest BCUT2D eigenvalue weighted by molar-refractivity contribution is 5.88. The third-order valence-corrected chi connectivity index (χ3v) is 2.77. The van der Waals surface area contributed by atoms with Crippen LogP contribution in [-0.4, -0.2) is 5.11 Å². The van der Waals surface area contributed by atoms with Gasteiger partial charge < -0.3 is 10.8 Å². The molecule has 0 amide bonds. The highest BCUT2D eigenvalue weighted by Gasteiger charge is 2.09. The SMILES string of the molecule is C=CCc1cc2ccccc2c(CN)c1O. The molecule has 0 heterocycles. The van der Waals surface area contributed by atoms with E-state index < -0.39 is 0 Å². The molecule has 0 aliphatic rings. The van der Waals surface area contributed by atoms with Crippen LogP contribution in [0.2, 0.25) is 0 Å². The van der Waals surface area contributed by atoms with Gasteiger partial charge in [-0.2, -0.15) is 0 Å². The maximum absolute atomic E-state index is 10.1. The standard InChI is InChI=1S/C14H15NO/c1-2-5-11-8-10-6-3-4-7-12(10)13(9-15)14(11)16/h2-4,6-8,16H,1,5,9,15H2. The van der Waals surface area contributed by atoms with E-state index in [2.05, 4.69) is 6.58 Å². The summed E-state index contributed by atoms with van der Waals surface area (Å²) in [6.45, 7) is 4.03. The number of phenols is 1. The summed E-state index contributed by atoms with van der Waals surface area (Å²) in [5, 5.41) is 12.2.